The molecule has 6 heteroatoms. The first-order valence-electron chi connectivity index (χ1n) is 11.5. The number of halogens is 2. The van der Waals surface area contributed by atoms with Crippen LogP contribution in [0.4, 0.5) is 0 Å². The highest BCUT2D eigenvalue weighted by Crippen LogP contribution is 2.45. The molecule has 5 rings (SSSR count). The van der Waals surface area contributed by atoms with E-state index >= 15 is 0 Å². The summed E-state index contributed by atoms with van der Waals surface area (Å²) in [6, 6.07) is 10.2. The van der Waals surface area contributed by atoms with Gasteiger partial charge in [0, 0.05) is 52.9 Å². The summed E-state index contributed by atoms with van der Waals surface area (Å²) in [7, 11) is 0. The number of hydrogen-bond donors (Lipinski definition) is 0. The van der Waals surface area contributed by atoms with E-state index in [0.717, 1.165) is 40.9 Å². The quantitative estimate of drug-likeness (QED) is 0.498. The summed E-state index contributed by atoms with van der Waals surface area (Å²) in [6.45, 7) is 2.72. The van der Waals surface area contributed by atoms with Crippen LogP contribution in [0.25, 0.3) is 0 Å². The predicted molar refractivity (Wildman–Crippen MR) is 127 cm³/mol. The lowest BCUT2D eigenvalue weighted by Crippen LogP contribution is -2.55. The van der Waals surface area contributed by atoms with E-state index in [9.17, 15) is 4.79 Å². The van der Waals surface area contributed by atoms with E-state index in [1.54, 1.807) is 0 Å². The van der Waals surface area contributed by atoms with E-state index in [1.807, 2.05) is 31.2 Å². The second-order valence-corrected chi connectivity index (χ2v) is 10.4. The van der Waals surface area contributed by atoms with Crippen LogP contribution in [-0.4, -0.2) is 28.6 Å². The number of aromatic nitrogens is 1. The molecule has 4 atom stereocenters. The van der Waals surface area contributed by atoms with Crippen molar-refractivity contribution in [2.75, 3.05) is 6.54 Å². The highest BCUT2D eigenvalue weighted by Gasteiger charge is 2.46. The molecule has 2 aromatic rings. The molecule has 1 amide bonds. The Kier molecular flexibility index (Phi) is 6.18. The van der Waals surface area contributed by atoms with Gasteiger partial charge in [-0.25, -0.2) is 0 Å². The van der Waals surface area contributed by atoms with Crippen molar-refractivity contribution in [2.24, 2.45) is 17.8 Å². The van der Waals surface area contributed by atoms with Crippen molar-refractivity contribution in [1.82, 2.24) is 10.1 Å². The lowest BCUT2D eigenvalue weighted by Gasteiger charge is -2.48. The fraction of sp³-hybridized carbons (Fsp3) is 0.462. The van der Waals surface area contributed by atoms with Gasteiger partial charge < -0.3 is 9.42 Å². The van der Waals surface area contributed by atoms with Crippen molar-refractivity contribution in [1.29, 1.82) is 0 Å². The maximum Gasteiger partial charge on any atom is 0.226 e. The van der Waals surface area contributed by atoms with Crippen LogP contribution in [0.3, 0.4) is 0 Å². The zero-order chi connectivity index (χ0) is 22.2. The molecule has 1 saturated heterocycles. The molecule has 2 heterocycles. The fourth-order valence-corrected chi connectivity index (χ4v) is 5.70. The summed E-state index contributed by atoms with van der Waals surface area (Å²) in [5, 5.41) is 5.68. The Morgan fingerprint density at radius 3 is 2.72 bits per heavy atom. The summed E-state index contributed by atoms with van der Waals surface area (Å²) in [6.07, 6.45) is 10.9. The zero-order valence-electron chi connectivity index (χ0n) is 18.2. The summed E-state index contributed by atoms with van der Waals surface area (Å²) in [5.41, 5.74) is 2.05. The Labute approximate surface area is 199 Å². The van der Waals surface area contributed by atoms with E-state index in [1.165, 1.54) is 18.4 Å². The molecule has 1 saturated carbocycles. The lowest BCUT2D eigenvalue weighted by molar-refractivity contribution is -0.144. The molecule has 0 radical (unpaired) electrons. The molecule has 0 spiro atoms. The molecule has 1 aromatic carbocycles. The molecular weight excluding hydrogens is 443 g/mol. The van der Waals surface area contributed by atoms with Crippen LogP contribution in [0.1, 0.15) is 48.6 Å². The largest absolute Gasteiger partial charge is 0.361 e. The number of hydrogen-bond acceptors (Lipinski definition) is 3. The molecule has 0 unspecified atom stereocenters. The van der Waals surface area contributed by atoms with E-state index in [4.69, 9.17) is 27.7 Å². The van der Waals surface area contributed by atoms with Crippen molar-refractivity contribution in [2.45, 2.75) is 51.0 Å². The first-order chi connectivity index (χ1) is 15.5. The number of benzene rings is 1. The second kappa shape index (κ2) is 9.07. The number of piperidine rings is 1. The minimum atomic E-state index is -0.120. The van der Waals surface area contributed by atoms with E-state index in [-0.39, 0.29) is 29.7 Å². The highest BCUT2D eigenvalue weighted by atomic mass is 35.5. The third-order valence-corrected chi connectivity index (χ3v) is 7.55. The van der Waals surface area contributed by atoms with Crippen molar-refractivity contribution < 1.29 is 9.32 Å². The molecule has 0 N–H and O–H groups in total. The second-order valence-electron chi connectivity index (χ2n) is 9.50. The molecule has 1 aromatic heterocycles. The van der Waals surface area contributed by atoms with Crippen LogP contribution in [0.15, 0.2) is 58.1 Å². The number of nitrogens with zero attached hydrogens (tertiary/aromatic N) is 2. The van der Waals surface area contributed by atoms with Gasteiger partial charge in [0.15, 0.2) is 0 Å². The number of likely N-dealkylation sites (tertiary alicyclic amines) is 1. The Morgan fingerprint density at radius 1 is 1.22 bits per heavy atom. The monoisotopic (exact) mass is 470 g/mol. The summed E-state index contributed by atoms with van der Waals surface area (Å²) < 4.78 is 5.28. The van der Waals surface area contributed by atoms with Crippen molar-refractivity contribution in [3.63, 3.8) is 0 Å². The van der Waals surface area contributed by atoms with Gasteiger partial charge in [0.1, 0.15) is 5.76 Å². The first kappa shape index (κ1) is 21.8. The number of amides is 1. The van der Waals surface area contributed by atoms with Gasteiger partial charge in [-0.15, -0.1) is 0 Å². The summed E-state index contributed by atoms with van der Waals surface area (Å²) >= 11 is 12.6. The topological polar surface area (TPSA) is 46.3 Å². The van der Waals surface area contributed by atoms with Crippen LogP contribution in [0, 0.1) is 24.7 Å². The maximum absolute atomic E-state index is 13.8. The third-order valence-electron chi connectivity index (χ3n) is 7.03. The Balaban J connectivity index is 1.52. The van der Waals surface area contributed by atoms with Crippen LogP contribution < -0.4 is 0 Å². The minimum absolute atomic E-state index is 0.0918. The van der Waals surface area contributed by atoms with Gasteiger partial charge in [-0.05, 0) is 62.3 Å². The zero-order valence-corrected chi connectivity index (χ0v) is 19.7. The average Bonchev–Trinajstić information content (AvgIpc) is 3.50. The third kappa shape index (κ3) is 4.67. The average molecular weight is 471 g/mol. The smallest absolute Gasteiger partial charge is 0.226 e. The molecular formula is C26H28Cl2N2O2. The summed E-state index contributed by atoms with van der Waals surface area (Å²) in [5.74, 6) is 1.95. The number of carbonyl (C=O) groups excluding carboxylic acids is 1. The normalized spacial score (nSPS) is 28.2. The van der Waals surface area contributed by atoms with Crippen LogP contribution >= 0.6 is 23.2 Å². The maximum atomic E-state index is 13.8. The summed E-state index contributed by atoms with van der Waals surface area (Å²) in [4.78, 5) is 16.0. The van der Waals surface area contributed by atoms with Gasteiger partial charge in [0.25, 0.3) is 0 Å². The minimum Gasteiger partial charge on any atom is -0.361 e. The Morgan fingerprint density at radius 2 is 2.06 bits per heavy atom. The lowest BCUT2D eigenvalue weighted by atomic mass is 9.71. The van der Waals surface area contributed by atoms with Crippen LogP contribution in [0.5, 0.6) is 0 Å². The highest BCUT2D eigenvalue weighted by molar-refractivity contribution is 6.31. The molecule has 0 bridgehead atoms. The van der Waals surface area contributed by atoms with Gasteiger partial charge >= 0.3 is 0 Å². The molecule has 1 aliphatic heterocycles. The van der Waals surface area contributed by atoms with Crippen LogP contribution in [0.2, 0.25) is 5.02 Å². The van der Waals surface area contributed by atoms with Gasteiger partial charge in [0.2, 0.25) is 5.91 Å². The van der Waals surface area contributed by atoms with Gasteiger partial charge in [0.05, 0.1) is 5.69 Å². The molecule has 3 aliphatic rings. The fourth-order valence-electron chi connectivity index (χ4n) is 5.34. The molecule has 168 valence electrons. The van der Waals surface area contributed by atoms with E-state index in [0.29, 0.717) is 12.3 Å². The molecule has 32 heavy (non-hydrogen) atoms. The van der Waals surface area contributed by atoms with E-state index < -0.39 is 0 Å². The van der Waals surface area contributed by atoms with Crippen molar-refractivity contribution >= 4 is 29.1 Å². The number of allylic oxidation sites excluding steroid dienone is 3. The van der Waals surface area contributed by atoms with Gasteiger partial charge in [-0.3, -0.25) is 4.79 Å². The van der Waals surface area contributed by atoms with Gasteiger partial charge in [-0.1, -0.05) is 52.6 Å². The predicted octanol–water partition coefficient (Wildman–Crippen LogP) is 6.29. The first-order valence-corrected chi connectivity index (χ1v) is 12.3. The Hall–Kier alpha value is -2.04. The molecule has 2 fully saturated rings. The standard InChI is InChI=1S/C26H28Cl2N2O2/c1-16-11-23(29-32-16)13-20-14-24(19-3-2-4-22(28)12-19)25(18-7-9-21(27)10-8-18)30(26(20)31)15-17-5-6-17/h2-4,7,9-12,17-18,20,24-25H,5-6,8,13-15H2,1H3/t18-,20+,24+,25+/m0/s1. The molecule has 2 aliphatic carbocycles. The molecule has 4 nitrogen and oxygen atoms in total. The van der Waals surface area contributed by atoms with Crippen molar-refractivity contribution in [3.8, 4) is 0 Å². The number of aryl methyl sites for hydroxylation is 1. The number of carbonyl (C=O) groups is 1. The van der Waals surface area contributed by atoms with Crippen LogP contribution in [-0.2, 0) is 11.2 Å². The Bertz CT molecular complexity index is 1060. The van der Waals surface area contributed by atoms with Gasteiger partial charge in [-0.2, -0.15) is 0 Å². The van der Waals surface area contributed by atoms with Crippen molar-refractivity contribution in [3.05, 3.63) is 75.6 Å². The number of rotatable bonds is 6. The SMILES string of the molecule is Cc1cc(C[C@@H]2C[C@H](c3cccc(Cl)c3)[C@@H]([C@H]3C=CC(Cl)=CC3)N(CC3CC3)C2=O)no1. The van der Waals surface area contributed by atoms with E-state index in [2.05, 4.69) is 34.3 Å².